The first-order valence-corrected chi connectivity index (χ1v) is 9.50. The third kappa shape index (κ3) is 4.22. The van der Waals surface area contributed by atoms with Gasteiger partial charge in [-0.05, 0) is 36.8 Å². The molecule has 0 unspecified atom stereocenters. The Morgan fingerprint density at radius 2 is 1.70 bits per heavy atom. The van der Waals surface area contributed by atoms with Crippen molar-refractivity contribution in [3.05, 3.63) is 84.1 Å². The van der Waals surface area contributed by atoms with Gasteiger partial charge in [-0.2, -0.15) is 5.10 Å². The number of benzene rings is 3. The SMILES string of the molecule is COc1ccccc1Oc1cn[nH]c1-c1ccc(OCc2ccc(C)cc2)cc1O. The van der Waals surface area contributed by atoms with Crippen LogP contribution < -0.4 is 14.2 Å². The minimum Gasteiger partial charge on any atom is -0.507 e. The molecule has 152 valence electrons. The number of hydrogen-bond donors (Lipinski definition) is 2. The van der Waals surface area contributed by atoms with Crippen LogP contribution >= 0.6 is 0 Å². The van der Waals surface area contributed by atoms with Crippen molar-refractivity contribution in [3.8, 4) is 40.0 Å². The van der Waals surface area contributed by atoms with Crippen molar-refractivity contribution in [2.75, 3.05) is 7.11 Å². The number of phenols is 1. The quantitative estimate of drug-likeness (QED) is 0.429. The van der Waals surface area contributed by atoms with Gasteiger partial charge in [-0.25, -0.2) is 0 Å². The summed E-state index contributed by atoms with van der Waals surface area (Å²) in [6, 6.07) is 20.6. The lowest BCUT2D eigenvalue weighted by Crippen LogP contribution is -1.95. The van der Waals surface area contributed by atoms with Crippen LogP contribution in [0.1, 0.15) is 11.1 Å². The highest BCUT2D eigenvalue weighted by atomic mass is 16.5. The second kappa shape index (κ2) is 8.61. The molecule has 0 aliphatic rings. The maximum Gasteiger partial charge on any atom is 0.173 e. The average molecular weight is 402 g/mol. The second-order valence-corrected chi connectivity index (χ2v) is 6.82. The summed E-state index contributed by atoms with van der Waals surface area (Å²) < 4.78 is 17.1. The number of methoxy groups -OCH3 is 1. The molecule has 30 heavy (non-hydrogen) atoms. The maximum absolute atomic E-state index is 10.6. The van der Waals surface area contributed by atoms with Crippen LogP contribution in [0.3, 0.4) is 0 Å². The number of ether oxygens (including phenoxy) is 3. The Balaban J connectivity index is 1.52. The van der Waals surface area contributed by atoms with Crippen molar-refractivity contribution < 1.29 is 19.3 Å². The summed E-state index contributed by atoms with van der Waals surface area (Å²) in [4.78, 5) is 0. The van der Waals surface area contributed by atoms with Crippen molar-refractivity contribution in [2.45, 2.75) is 13.5 Å². The van der Waals surface area contributed by atoms with E-state index >= 15 is 0 Å². The van der Waals surface area contributed by atoms with Crippen molar-refractivity contribution in [1.82, 2.24) is 10.2 Å². The van der Waals surface area contributed by atoms with Crippen molar-refractivity contribution in [2.24, 2.45) is 0 Å². The Morgan fingerprint density at radius 3 is 2.43 bits per heavy atom. The van der Waals surface area contributed by atoms with Gasteiger partial charge in [-0.15, -0.1) is 0 Å². The summed E-state index contributed by atoms with van der Waals surface area (Å²) >= 11 is 0. The van der Waals surface area contributed by atoms with E-state index < -0.39 is 0 Å². The third-order valence-electron chi connectivity index (χ3n) is 4.66. The van der Waals surface area contributed by atoms with Gasteiger partial charge in [0, 0.05) is 11.6 Å². The number of aromatic hydroxyl groups is 1. The predicted octanol–water partition coefficient (Wildman–Crippen LogP) is 5.47. The summed E-state index contributed by atoms with van der Waals surface area (Å²) in [7, 11) is 1.58. The average Bonchev–Trinajstić information content (AvgIpc) is 3.21. The molecule has 4 rings (SSSR count). The van der Waals surface area contributed by atoms with Crippen LogP contribution in [0.25, 0.3) is 11.3 Å². The van der Waals surface area contributed by atoms with E-state index in [1.807, 2.05) is 49.4 Å². The first-order chi connectivity index (χ1) is 14.6. The third-order valence-corrected chi connectivity index (χ3v) is 4.66. The van der Waals surface area contributed by atoms with Gasteiger partial charge in [-0.3, -0.25) is 5.10 Å². The molecule has 2 N–H and O–H groups in total. The maximum atomic E-state index is 10.6. The van der Waals surface area contributed by atoms with Crippen LogP contribution in [-0.2, 0) is 6.61 Å². The van der Waals surface area contributed by atoms with Gasteiger partial charge in [0.25, 0.3) is 0 Å². The normalized spacial score (nSPS) is 10.6. The molecule has 0 saturated carbocycles. The van der Waals surface area contributed by atoms with Crippen LogP contribution in [0.5, 0.6) is 28.7 Å². The van der Waals surface area contributed by atoms with Gasteiger partial charge >= 0.3 is 0 Å². The molecule has 0 atom stereocenters. The number of nitrogens with zero attached hydrogens (tertiary/aromatic N) is 1. The van der Waals surface area contributed by atoms with E-state index in [0.717, 1.165) is 5.56 Å². The summed E-state index contributed by atoms with van der Waals surface area (Å²) in [5, 5.41) is 17.5. The Morgan fingerprint density at radius 1 is 0.933 bits per heavy atom. The van der Waals surface area contributed by atoms with Gasteiger partial charge in [0.05, 0.1) is 13.3 Å². The highest BCUT2D eigenvalue weighted by Crippen LogP contribution is 2.39. The van der Waals surface area contributed by atoms with E-state index in [4.69, 9.17) is 14.2 Å². The lowest BCUT2D eigenvalue weighted by molar-refractivity contribution is 0.304. The van der Waals surface area contributed by atoms with Crippen molar-refractivity contribution in [3.63, 3.8) is 0 Å². The number of para-hydroxylation sites is 2. The number of aromatic nitrogens is 2. The Hall–Kier alpha value is -3.93. The number of nitrogens with one attached hydrogen (secondary N) is 1. The second-order valence-electron chi connectivity index (χ2n) is 6.82. The molecule has 6 heteroatoms. The zero-order valence-electron chi connectivity index (χ0n) is 16.8. The summed E-state index contributed by atoms with van der Waals surface area (Å²) in [5.41, 5.74) is 3.38. The molecule has 0 aliphatic heterocycles. The zero-order chi connectivity index (χ0) is 20.9. The molecular formula is C24H22N2O4. The van der Waals surface area contributed by atoms with Crippen LogP contribution in [0.15, 0.2) is 72.9 Å². The molecule has 0 radical (unpaired) electrons. The lowest BCUT2D eigenvalue weighted by atomic mass is 10.1. The van der Waals surface area contributed by atoms with Gasteiger partial charge in [-0.1, -0.05) is 42.0 Å². The number of aromatic amines is 1. The molecule has 1 aromatic heterocycles. The van der Waals surface area contributed by atoms with E-state index in [1.54, 1.807) is 37.6 Å². The molecule has 1 heterocycles. The summed E-state index contributed by atoms with van der Waals surface area (Å²) in [5.74, 6) is 2.27. The first-order valence-electron chi connectivity index (χ1n) is 9.50. The summed E-state index contributed by atoms with van der Waals surface area (Å²) in [6.45, 7) is 2.47. The topological polar surface area (TPSA) is 76.6 Å². The monoisotopic (exact) mass is 402 g/mol. The largest absolute Gasteiger partial charge is 0.507 e. The molecule has 0 fully saturated rings. The fourth-order valence-corrected chi connectivity index (χ4v) is 3.03. The molecule has 6 nitrogen and oxygen atoms in total. The Kier molecular flexibility index (Phi) is 5.57. The molecular weight excluding hydrogens is 380 g/mol. The summed E-state index contributed by atoms with van der Waals surface area (Å²) in [6.07, 6.45) is 1.56. The highest BCUT2D eigenvalue weighted by Gasteiger charge is 2.16. The van der Waals surface area contributed by atoms with Crippen LogP contribution in [0, 0.1) is 6.92 Å². The number of H-pyrrole nitrogens is 1. The standard InChI is InChI=1S/C24H22N2O4/c1-16-7-9-17(10-8-16)15-29-18-11-12-19(20(27)13-18)24-23(14-25-26-24)30-22-6-4-3-5-21(22)28-2/h3-14,27H,15H2,1-2H3,(H,25,26). The van der Waals surface area contributed by atoms with E-state index in [2.05, 4.69) is 10.2 Å². The van der Waals surface area contributed by atoms with Gasteiger partial charge in [0.1, 0.15) is 23.8 Å². The molecule has 0 saturated heterocycles. The molecule has 0 amide bonds. The molecule has 0 bridgehead atoms. The number of aryl methyl sites for hydroxylation is 1. The van der Waals surface area contributed by atoms with E-state index in [1.165, 1.54) is 5.56 Å². The fourth-order valence-electron chi connectivity index (χ4n) is 3.03. The minimum atomic E-state index is 0.0607. The van der Waals surface area contributed by atoms with Crippen molar-refractivity contribution >= 4 is 0 Å². The lowest BCUT2D eigenvalue weighted by Gasteiger charge is -2.12. The molecule has 0 aliphatic carbocycles. The van der Waals surface area contributed by atoms with Gasteiger partial charge < -0.3 is 19.3 Å². The van der Waals surface area contributed by atoms with Crippen LogP contribution in [0.4, 0.5) is 0 Å². The molecule has 0 spiro atoms. The highest BCUT2D eigenvalue weighted by molar-refractivity contribution is 5.73. The van der Waals surface area contributed by atoms with E-state index in [-0.39, 0.29) is 5.75 Å². The first kappa shape index (κ1) is 19.4. The minimum absolute atomic E-state index is 0.0607. The Bertz CT molecular complexity index is 1140. The van der Waals surface area contributed by atoms with E-state index in [0.29, 0.717) is 40.9 Å². The molecule has 4 aromatic rings. The van der Waals surface area contributed by atoms with E-state index in [9.17, 15) is 5.11 Å². The smallest absolute Gasteiger partial charge is 0.173 e. The van der Waals surface area contributed by atoms with Gasteiger partial charge in [0.2, 0.25) is 0 Å². The fraction of sp³-hybridized carbons (Fsp3) is 0.125. The van der Waals surface area contributed by atoms with Gasteiger partial charge in [0.15, 0.2) is 17.2 Å². The number of hydrogen-bond acceptors (Lipinski definition) is 5. The molecule has 3 aromatic carbocycles. The number of phenolic OH excluding ortho intramolecular Hbond substituents is 1. The number of rotatable bonds is 7. The van der Waals surface area contributed by atoms with Crippen LogP contribution in [-0.4, -0.2) is 22.4 Å². The Labute approximate surface area is 174 Å². The van der Waals surface area contributed by atoms with Crippen LogP contribution in [0.2, 0.25) is 0 Å². The van der Waals surface area contributed by atoms with Crippen molar-refractivity contribution in [1.29, 1.82) is 0 Å². The zero-order valence-corrected chi connectivity index (χ0v) is 16.8. The predicted molar refractivity (Wildman–Crippen MR) is 114 cm³/mol.